The highest BCUT2D eigenvalue weighted by Crippen LogP contribution is 2.33. The minimum absolute atomic E-state index is 0.0743. The Bertz CT molecular complexity index is 1300. The van der Waals surface area contributed by atoms with Crippen molar-refractivity contribution in [2.45, 2.75) is 38.9 Å². The highest BCUT2D eigenvalue weighted by atomic mass is 19.4. The third-order valence-electron chi connectivity index (χ3n) is 6.46. The second-order valence-corrected chi connectivity index (χ2v) is 9.70. The molecule has 1 fully saturated rings. The van der Waals surface area contributed by atoms with E-state index >= 15 is 0 Å². The molecule has 1 aromatic carbocycles. The Morgan fingerprint density at radius 2 is 2.00 bits per heavy atom. The largest absolute Gasteiger partial charge is 0.394 e. The Hall–Kier alpha value is -3.86. The van der Waals surface area contributed by atoms with Gasteiger partial charge in [-0.05, 0) is 79.3 Å². The van der Waals surface area contributed by atoms with Crippen molar-refractivity contribution >= 4 is 23.4 Å². The second-order valence-electron chi connectivity index (χ2n) is 9.70. The number of amides is 2. The number of carbonyl (C=O) groups excluding carboxylic acids is 1. The molecule has 3 heterocycles. The quantitative estimate of drug-likeness (QED) is 0.331. The van der Waals surface area contributed by atoms with Crippen LogP contribution in [0.15, 0.2) is 48.7 Å². The van der Waals surface area contributed by atoms with Gasteiger partial charge in [0.15, 0.2) is 0 Å². The van der Waals surface area contributed by atoms with Gasteiger partial charge in [-0.3, -0.25) is 0 Å². The Morgan fingerprint density at radius 1 is 1.21 bits per heavy atom. The second kappa shape index (κ2) is 11.3. The number of likely N-dealkylation sites (tertiary alicyclic amines) is 1. The molecule has 2 atom stereocenters. The normalized spacial score (nSPS) is 16.4. The lowest BCUT2D eigenvalue weighted by Crippen LogP contribution is -2.33. The molecule has 0 saturated carbocycles. The number of nitrogens with zero attached hydrogens (tertiary/aromatic N) is 3. The number of nitrogen functional groups attached to an aromatic ring is 1. The van der Waals surface area contributed by atoms with Crippen molar-refractivity contribution in [3.63, 3.8) is 0 Å². The number of pyridine rings is 2. The Balaban J connectivity index is 1.61. The molecule has 0 unspecified atom stereocenters. The molecule has 4 rings (SSSR count). The summed E-state index contributed by atoms with van der Waals surface area (Å²) >= 11 is 0. The van der Waals surface area contributed by atoms with Gasteiger partial charge in [0.25, 0.3) is 0 Å². The summed E-state index contributed by atoms with van der Waals surface area (Å²) in [5, 5.41) is 15.5. The molecule has 202 valence electrons. The molecule has 2 aromatic heterocycles. The summed E-state index contributed by atoms with van der Waals surface area (Å²) in [5.41, 5.74) is 10.4. The van der Waals surface area contributed by atoms with Crippen LogP contribution >= 0.6 is 0 Å². The maximum Gasteiger partial charge on any atom is 0.389 e. The molecular weight excluding hydrogens is 497 g/mol. The molecule has 1 saturated heterocycles. The highest BCUT2D eigenvalue weighted by molar-refractivity contribution is 5.91. The summed E-state index contributed by atoms with van der Waals surface area (Å²) in [7, 11) is 0. The van der Waals surface area contributed by atoms with Crippen LogP contribution in [0.4, 0.5) is 35.3 Å². The summed E-state index contributed by atoms with van der Waals surface area (Å²) in [6.07, 6.45) is -3.20. The van der Waals surface area contributed by atoms with Crippen LogP contribution in [0.25, 0.3) is 22.4 Å². The van der Waals surface area contributed by atoms with Crippen molar-refractivity contribution < 1.29 is 23.1 Å². The number of urea groups is 1. The third kappa shape index (κ3) is 6.91. The van der Waals surface area contributed by atoms with Crippen LogP contribution in [-0.2, 0) is 0 Å². The number of aliphatic hydroxyl groups is 1. The molecular formula is C27H31F3N6O2. The van der Waals surface area contributed by atoms with Gasteiger partial charge in [-0.25, -0.2) is 14.8 Å². The number of aromatic nitrogens is 2. The number of nitrogens with two attached hydrogens (primary N) is 1. The lowest BCUT2D eigenvalue weighted by Gasteiger charge is -2.19. The van der Waals surface area contributed by atoms with Crippen molar-refractivity contribution in [2.24, 2.45) is 5.92 Å². The fourth-order valence-corrected chi connectivity index (χ4v) is 4.54. The molecule has 0 radical (unpaired) electrons. The SMILES string of the molecule is Cc1ccc(NC(=O)N2CC[C@@H](CC(F)(F)F)C2)cc1-c1cc(N[C@H](C)CO)nc(-c2ccnc(N)c2)c1. The molecule has 38 heavy (non-hydrogen) atoms. The minimum Gasteiger partial charge on any atom is -0.394 e. The first-order valence-electron chi connectivity index (χ1n) is 12.4. The van der Waals surface area contributed by atoms with Gasteiger partial charge in [0, 0.05) is 43.0 Å². The van der Waals surface area contributed by atoms with E-state index in [9.17, 15) is 23.1 Å². The average Bonchev–Trinajstić information content (AvgIpc) is 3.32. The maximum atomic E-state index is 12.8. The van der Waals surface area contributed by atoms with E-state index in [4.69, 9.17) is 5.73 Å². The van der Waals surface area contributed by atoms with E-state index in [2.05, 4.69) is 20.6 Å². The molecule has 0 aliphatic carbocycles. The molecule has 3 aromatic rings. The fraction of sp³-hybridized carbons (Fsp3) is 0.370. The third-order valence-corrected chi connectivity index (χ3v) is 6.46. The predicted octanol–water partition coefficient (Wildman–Crippen LogP) is 5.30. The maximum absolute atomic E-state index is 12.8. The standard InChI is InChI=1S/C27H31F3N6O2/c1-16-3-4-21(34-26(38)36-8-6-18(14-36)13-27(28,29)30)12-22(16)20-9-23(19-5-7-32-24(31)10-19)35-25(11-20)33-17(2)15-37/h3-5,7,9-12,17-18,37H,6,8,13-15H2,1-2H3,(H2,31,32)(H,33,35)(H,34,38)/t17-,18+/m1/s1. The summed E-state index contributed by atoms with van der Waals surface area (Å²) in [4.78, 5) is 23.0. The fourth-order valence-electron chi connectivity index (χ4n) is 4.54. The van der Waals surface area contributed by atoms with Crippen molar-refractivity contribution in [3.8, 4) is 22.4 Å². The number of alkyl halides is 3. The Morgan fingerprint density at radius 3 is 2.71 bits per heavy atom. The number of aryl methyl sites for hydroxylation is 1. The van der Waals surface area contributed by atoms with Crippen molar-refractivity contribution in [1.29, 1.82) is 0 Å². The van der Waals surface area contributed by atoms with Crippen LogP contribution in [0.3, 0.4) is 0 Å². The summed E-state index contributed by atoms with van der Waals surface area (Å²) in [6.45, 7) is 4.05. The average molecular weight is 529 g/mol. The number of rotatable bonds is 7. The lowest BCUT2D eigenvalue weighted by atomic mass is 9.98. The van der Waals surface area contributed by atoms with Gasteiger partial charge in [0.2, 0.25) is 0 Å². The number of nitrogens with one attached hydrogen (secondary N) is 2. The first-order valence-corrected chi connectivity index (χ1v) is 12.4. The molecule has 1 aliphatic rings. The smallest absolute Gasteiger partial charge is 0.389 e. The van der Waals surface area contributed by atoms with Crippen LogP contribution in [0.5, 0.6) is 0 Å². The monoisotopic (exact) mass is 528 g/mol. The van der Waals surface area contributed by atoms with Gasteiger partial charge in [0.1, 0.15) is 11.6 Å². The van der Waals surface area contributed by atoms with E-state index in [0.29, 0.717) is 29.4 Å². The Kier molecular flexibility index (Phi) is 8.05. The van der Waals surface area contributed by atoms with E-state index in [-0.39, 0.29) is 25.7 Å². The van der Waals surface area contributed by atoms with Gasteiger partial charge in [-0.15, -0.1) is 0 Å². The van der Waals surface area contributed by atoms with E-state index in [0.717, 1.165) is 22.3 Å². The van der Waals surface area contributed by atoms with Crippen LogP contribution < -0.4 is 16.4 Å². The zero-order valence-electron chi connectivity index (χ0n) is 21.2. The lowest BCUT2D eigenvalue weighted by molar-refractivity contribution is -0.143. The van der Waals surface area contributed by atoms with Gasteiger partial charge >= 0.3 is 12.2 Å². The summed E-state index contributed by atoms with van der Waals surface area (Å²) < 4.78 is 38.3. The minimum atomic E-state index is -4.24. The zero-order chi connectivity index (χ0) is 27.4. The first kappa shape index (κ1) is 27.2. The number of halogens is 3. The number of anilines is 3. The van der Waals surface area contributed by atoms with Crippen LogP contribution in [0.1, 0.15) is 25.3 Å². The van der Waals surface area contributed by atoms with Crippen molar-refractivity contribution in [3.05, 3.63) is 54.2 Å². The van der Waals surface area contributed by atoms with E-state index < -0.39 is 24.5 Å². The van der Waals surface area contributed by atoms with Crippen LogP contribution in [0, 0.1) is 12.8 Å². The molecule has 11 heteroatoms. The van der Waals surface area contributed by atoms with Gasteiger partial charge in [-0.2, -0.15) is 13.2 Å². The number of benzene rings is 1. The molecule has 2 amide bonds. The number of aliphatic hydroxyl groups excluding tert-OH is 1. The van der Waals surface area contributed by atoms with E-state index in [1.807, 2.05) is 38.1 Å². The van der Waals surface area contributed by atoms with Gasteiger partial charge < -0.3 is 26.4 Å². The number of carbonyl (C=O) groups is 1. The molecule has 0 bridgehead atoms. The van der Waals surface area contributed by atoms with Crippen molar-refractivity contribution in [1.82, 2.24) is 14.9 Å². The van der Waals surface area contributed by atoms with Gasteiger partial charge in [0.05, 0.1) is 12.3 Å². The topological polar surface area (TPSA) is 116 Å². The Labute approximate surface area is 219 Å². The van der Waals surface area contributed by atoms with Crippen LogP contribution in [0.2, 0.25) is 0 Å². The summed E-state index contributed by atoms with van der Waals surface area (Å²) in [6, 6.07) is 12.1. The van der Waals surface area contributed by atoms with Crippen LogP contribution in [-0.4, -0.2) is 57.9 Å². The summed E-state index contributed by atoms with van der Waals surface area (Å²) in [5.74, 6) is 0.322. The number of hydrogen-bond donors (Lipinski definition) is 4. The van der Waals surface area contributed by atoms with Gasteiger partial charge in [-0.1, -0.05) is 6.07 Å². The molecule has 1 aliphatic heterocycles. The zero-order valence-corrected chi connectivity index (χ0v) is 21.2. The van der Waals surface area contributed by atoms with E-state index in [1.165, 1.54) is 4.90 Å². The van der Waals surface area contributed by atoms with E-state index in [1.54, 1.807) is 24.4 Å². The molecule has 5 N–H and O–H groups in total. The molecule has 8 nitrogen and oxygen atoms in total. The molecule has 0 spiro atoms. The first-order chi connectivity index (χ1) is 18.0. The van der Waals surface area contributed by atoms with Crippen molar-refractivity contribution in [2.75, 3.05) is 36.1 Å². The number of hydrogen-bond acceptors (Lipinski definition) is 6. The predicted molar refractivity (Wildman–Crippen MR) is 142 cm³/mol. The highest BCUT2D eigenvalue weighted by Gasteiger charge is 2.36.